The smallest absolute Gasteiger partial charge is 0.258 e. The van der Waals surface area contributed by atoms with E-state index in [9.17, 15) is 14.4 Å². The molecule has 6 bridgehead atoms. The normalized spacial score (nSPS) is 17.3. The molecule has 13 heteroatoms. The minimum atomic E-state index is -0.603. The number of likely N-dealkylation sites (tertiary alicyclic amines) is 1. The molecule has 0 aliphatic carbocycles. The Morgan fingerprint density at radius 3 is 2.34 bits per heavy atom. The van der Waals surface area contributed by atoms with Gasteiger partial charge in [0.2, 0.25) is 11.7 Å². The van der Waals surface area contributed by atoms with Gasteiger partial charge in [-0.2, -0.15) is 0 Å². The summed E-state index contributed by atoms with van der Waals surface area (Å²) in [5.41, 5.74) is 3.18. The number of rotatable bonds is 6. The van der Waals surface area contributed by atoms with E-state index in [0.717, 1.165) is 11.1 Å². The fourth-order valence-electron chi connectivity index (χ4n) is 6.01. The number of nitrogens with zero attached hydrogens (tertiary/aromatic N) is 2. The Bertz CT molecular complexity index is 1870. The summed E-state index contributed by atoms with van der Waals surface area (Å²) in [6.45, 7) is 0.424. The summed E-state index contributed by atoms with van der Waals surface area (Å²) in [6.07, 6.45) is 2.58. The zero-order valence-corrected chi connectivity index (χ0v) is 28.2. The molecule has 13 nitrogen and oxygen atoms in total. The Kier molecular flexibility index (Phi) is 10.2. The van der Waals surface area contributed by atoms with E-state index >= 15 is 0 Å². The van der Waals surface area contributed by atoms with Gasteiger partial charge < -0.3 is 44.0 Å². The maximum absolute atomic E-state index is 13.7. The van der Waals surface area contributed by atoms with Crippen molar-refractivity contribution < 1.29 is 42.8 Å². The summed E-state index contributed by atoms with van der Waals surface area (Å²) in [5, 5.41) is 5.94. The van der Waals surface area contributed by atoms with Gasteiger partial charge in [-0.15, -0.1) is 0 Å². The average Bonchev–Trinajstić information content (AvgIpc) is 3.54. The summed E-state index contributed by atoms with van der Waals surface area (Å²) in [6, 6.07) is 17.1. The Hall–Kier alpha value is -5.98. The SMILES string of the molecule is COc1cc2ccc1CNC(=O)COc1cccc(c1)-c1cncc(c1)C(=O)N[C@H]1CN(C(=O)Cc3cc(OC)c(OC)c(OC)c3)C[C@@H]1O2. The highest BCUT2D eigenvalue weighted by Crippen LogP contribution is 2.38. The third-order valence-electron chi connectivity index (χ3n) is 8.57. The Morgan fingerprint density at radius 1 is 0.840 bits per heavy atom. The maximum Gasteiger partial charge on any atom is 0.258 e. The van der Waals surface area contributed by atoms with Gasteiger partial charge in [0.1, 0.15) is 23.4 Å². The topological polar surface area (TPSA) is 147 Å². The number of fused-ring (bicyclic) bond motifs is 7. The van der Waals surface area contributed by atoms with Gasteiger partial charge in [-0.25, -0.2) is 0 Å². The standard InChI is InChI=1S/C37H38N4O9/c1-45-30-15-28-9-8-24(30)18-39-34(42)21-49-27-7-5-6-23(14-27)25-13-26(17-38-16-25)37(44)40-29-19-41(20-33(29)50-28)35(43)12-22-10-31(46-2)36(48-4)32(11-22)47-3/h5-11,13-17,29,33H,12,18-21H2,1-4H3,(H,39,42)(H,40,44)/t29-,33-/m0/s1. The lowest BCUT2D eigenvalue weighted by Crippen LogP contribution is -2.45. The van der Waals surface area contributed by atoms with Crippen molar-refractivity contribution in [3.05, 3.63) is 89.7 Å². The number of carbonyl (C=O) groups is 3. The molecule has 3 aliphatic rings. The third kappa shape index (κ3) is 7.51. The van der Waals surface area contributed by atoms with Crippen LogP contribution in [-0.4, -0.2) is 87.9 Å². The summed E-state index contributed by atoms with van der Waals surface area (Å²) in [4.78, 5) is 46.1. The number of aromatic nitrogens is 1. The third-order valence-corrected chi connectivity index (χ3v) is 8.57. The first-order valence-corrected chi connectivity index (χ1v) is 15.9. The molecule has 50 heavy (non-hydrogen) atoms. The molecule has 1 aromatic heterocycles. The zero-order valence-electron chi connectivity index (χ0n) is 28.2. The Morgan fingerprint density at radius 2 is 1.60 bits per heavy atom. The van der Waals surface area contributed by atoms with Gasteiger partial charge in [0.25, 0.3) is 11.8 Å². The second-order valence-corrected chi connectivity index (χ2v) is 11.8. The largest absolute Gasteiger partial charge is 0.496 e. The molecule has 3 aromatic carbocycles. The summed E-state index contributed by atoms with van der Waals surface area (Å²) >= 11 is 0. The number of methoxy groups -OCH3 is 4. The van der Waals surface area contributed by atoms with E-state index in [2.05, 4.69) is 15.6 Å². The van der Waals surface area contributed by atoms with Crippen LogP contribution in [-0.2, 0) is 22.6 Å². The number of amides is 3. The van der Waals surface area contributed by atoms with Crippen LogP contribution >= 0.6 is 0 Å². The first-order chi connectivity index (χ1) is 24.3. The van der Waals surface area contributed by atoms with Gasteiger partial charge in [-0.05, 0) is 53.6 Å². The predicted molar refractivity (Wildman–Crippen MR) is 182 cm³/mol. The first kappa shape index (κ1) is 33.9. The van der Waals surface area contributed by atoms with Gasteiger partial charge in [0, 0.05) is 42.7 Å². The van der Waals surface area contributed by atoms with Crippen LogP contribution in [0.25, 0.3) is 11.1 Å². The average molecular weight is 683 g/mol. The molecule has 4 heterocycles. The van der Waals surface area contributed by atoms with Crippen LogP contribution < -0.4 is 39.1 Å². The van der Waals surface area contributed by atoms with Gasteiger partial charge in [0.15, 0.2) is 18.1 Å². The van der Waals surface area contributed by atoms with Crippen LogP contribution in [0.1, 0.15) is 21.5 Å². The number of pyridine rings is 1. The molecular formula is C37H38N4O9. The van der Waals surface area contributed by atoms with Crippen LogP contribution in [0.2, 0.25) is 0 Å². The second-order valence-electron chi connectivity index (χ2n) is 11.8. The van der Waals surface area contributed by atoms with E-state index in [4.69, 9.17) is 28.4 Å². The van der Waals surface area contributed by atoms with Crippen molar-refractivity contribution in [2.75, 3.05) is 48.1 Å². The van der Waals surface area contributed by atoms with Crippen LogP contribution in [0.15, 0.2) is 73.1 Å². The molecule has 3 aliphatic heterocycles. The highest BCUT2D eigenvalue weighted by Gasteiger charge is 2.38. The molecule has 2 atom stereocenters. The molecular weight excluding hydrogens is 644 g/mol. The number of hydrogen-bond donors (Lipinski definition) is 2. The second kappa shape index (κ2) is 15.1. The Labute approximate surface area is 289 Å². The molecule has 0 spiro atoms. The summed E-state index contributed by atoms with van der Waals surface area (Å²) in [7, 11) is 6.08. The van der Waals surface area contributed by atoms with Crippen molar-refractivity contribution in [2.45, 2.75) is 25.1 Å². The molecule has 1 fully saturated rings. The van der Waals surface area contributed by atoms with E-state index in [0.29, 0.717) is 51.2 Å². The molecule has 7 rings (SSSR count). The van der Waals surface area contributed by atoms with Crippen LogP contribution in [0, 0.1) is 0 Å². The molecule has 0 saturated carbocycles. The first-order valence-electron chi connectivity index (χ1n) is 15.9. The van der Waals surface area contributed by atoms with Gasteiger partial charge in [0.05, 0.1) is 53.0 Å². The van der Waals surface area contributed by atoms with E-state index in [1.165, 1.54) is 34.6 Å². The van der Waals surface area contributed by atoms with Crippen LogP contribution in [0.4, 0.5) is 0 Å². The molecule has 4 aromatic rings. The lowest BCUT2D eigenvalue weighted by Gasteiger charge is -2.22. The van der Waals surface area contributed by atoms with Crippen molar-refractivity contribution in [1.29, 1.82) is 0 Å². The minimum absolute atomic E-state index is 0.0487. The minimum Gasteiger partial charge on any atom is -0.496 e. The fraction of sp³-hybridized carbons (Fsp3) is 0.297. The zero-order chi connectivity index (χ0) is 35.2. The fourth-order valence-corrected chi connectivity index (χ4v) is 6.01. The van der Waals surface area contributed by atoms with Crippen molar-refractivity contribution in [1.82, 2.24) is 20.5 Å². The number of hydrogen-bond acceptors (Lipinski definition) is 10. The number of carbonyl (C=O) groups excluding carboxylic acids is 3. The summed E-state index contributed by atoms with van der Waals surface area (Å²) < 4.78 is 34.2. The van der Waals surface area contributed by atoms with E-state index < -0.39 is 12.1 Å². The van der Waals surface area contributed by atoms with E-state index in [1.54, 1.807) is 65.7 Å². The molecule has 1 saturated heterocycles. The van der Waals surface area contributed by atoms with Gasteiger partial charge >= 0.3 is 0 Å². The highest BCUT2D eigenvalue weighted by atomic mass is 16.5. The van der Waals surface area contributed by atoms with Gasteiger partial charge in [-0.1, -0.05) is 12.1 Å². The van der Waals surface area contributed by atoms with Crippen molar-refractivity contribution in [3.63, 3.8) is 0 Å². The molecule has 2 N–H and O–H groups in total. The Balaban J connectivity index is 1.30. The van der Waals surface area contributed by atoms with Crippen LogP contribution in [0.3, 0.4) is 0 Å². The van der Waals surface area contributed by atoms with Crippen molar-refractivity contribution in [2.24, 2.45) is 0 Å². The number of nitrogens with one attached hydrogen (secondary N) is 2. The maximum atomic E-state index is 13.7. The number of ether oxygens (including phenoxy) is 6. The summed E-state index contributed by atoms with van der Waals surface area (Å²) in [5.74, 6) is 1.92. The quantitative estimate of drug-likeness (QED) is 0.310. The van der Waals surface area contributed by atoms with Crippen LogP contribution in [0.5, 0.6) is 34.5 Å². The lowest BCUT2D eigenvalue weighted by atomic mass is 10.1. The molecule has 0 radical (unpaired) electrons. The molecule has 3 amide bonds. The van der Waals surface area contributed by atoms with Gasteiger partial charge in [-0.3, -0.25) is 19.4 Å². The van der Waals surface area contributed by atoms with Crippen molar-refractivity contribution >= 4 is 17.7 Å². The lowest BCUT2D eigenvalue weighted by molar-refractivity contribution is -0.129. The molecule has 260 valence electrons. The van der Waals surface area contributed by atoms with E-state index in [1.807, 2.05) is 6.07 Å². The van der Waals surface area contributed by atoms with E-state index in [-0.39, 0.29) is 50.4 Å². The van der Waals surface area contributed by atoms with Crippen molar-refractivity contribution in [3.8, 4) is 45.6 Å². The molecule has 0 unspecified atom stereocenters. The highest BCUT2D eigenvalue weighted by molar-refractivity contribution is 5.95. The number of benzene rings is 3. The predicted octanol–water partition coefficient (Wildman–Crippen LogP) is 3.42. The monoisotopic (exact) mass is 682 g/mol.